The smallest absolute Gasteiger partial charge is 0.251 e. The second kappa shape index (κ2) is 6.63. The van der Waals surface area contributed by atoms with E-state index in [-0.39, 0.29) is 5.91 Å². The number of aromatic amines is 1. The molecule has 1 aliphatic carbocycles. The maximum atomic E-state index is 12.5. The Bertz CT molecular complexity index is 910. The first-order chi connectivity index (χ1) is 12.2. The molecule has 2 N–H and O–H groups in total. The fraction of sp³-hybridized carbons (Fsp3) is 0.286. The van der Waals surface area contributed by atoms with Gasteiger partial charge in [0.15, 0.2) is 0 Å². The number of benzene rings is 2. The summed E-state index contributed by atoms with van der Waals surface area (Å²) in [7, 11) is 1.65. The predicted octanol–water partition coefficient (Wildman–Crippen LogP) is 3.99. The summed E-state index contributed by atoms with van der Waals surface area (Å²) >= 11 is 0. The zero-order valence-electron chi connectivity index (χ0n) is 14.4. The van der Waals surface area contributed by atoms with Crippen molar-refractivity contribution in [1.82, 2.24) is 10.3 Å². The van der Waals surface area contributed by atoms with E-state index in [1.807, 2.05) is 42.5 Å². The van der Waals surface area contributed by atoms with E-state index in [2.05, 4.69) is 10.3 Å². The van der Waals surface area contributed by atoms with Crippen LogP contribution in [0.1, 0.15) is 40.0 Å². The van der Waals surface area contributed by atoms with Gasteiger partial charge in [-0.05, 0) is 67.1 Å². The van der Waals surface area contributed by atoms with Crippen molar-refractivity contribution in [3.63, 3.8) is 0 Å². The number of amides is 1. The summed E-state index contributed by atoms with van der Waals surface area (Å²) < 4.78 is 5.15. The molecule has 4 heteroatoms. The van der Waals surface area contributed by atoms with Crippen LogP contribution in [0.5, 0.6) is 5.75 Å². The van der Waals surface area contributed by atoms with Crippen LogP contribution in [0.2, 0.25) is 0 Å². The van der Waals surface area contributed by atoms with Crippen molar-refractivity contribution in [3.8, 4) is 5.75 Å². The van der Waals surface area contributed by atoms with Crippen molar-refractivity contribution in [2.75, 3.05) is 7.11 Å². The number of hydrogen-bond donors (Lipinski definition) is 2. The van der Waals surface area contributed by atoms with Gasteiger partial charge >= 0.3 is 0 Å². The molecule has 1 aromatic heterocycles. The first kappa shape index (κ1) is 15.8. The van der Waals surface area contributed by atoms with Gasteiger partial charge < -0.3 is 15.0 Å². The van der Waals surface area contributed by atoms with Gasteiger partial charge in [0.1, 0.15) is 5.75 Å². The van der Waals surface area contributed by atoms with Crippen molar-refractivity contribution in [3.05, 3.63) is 64.8 Å². The minimum Gasteiger partial charge on any atom is -0.497 e. The zero-order valence-corrected chi connectivity index (χ0v) is 14.4. The van der Waals surface area contributed by atoms with E-state index >= 15 is 0 Å². The molecule has 0 bridgehead atoms. The van der Waals surface area contributed by atoms with E-state index in [0.29, 0.717) is 12.1 Å². The Balaban J connectivity index is 1.51. The van der Waals surface area contributed by atoms with Crippen molar-refractivity contribution >= 4 is 16.8 Å². The molecule has 1 heterocycles. The van der Waals surface area contributed by atoms with Crippen LogP contribution < -0.4 is 10.1 Å². The number of rotatable bonds is 4. The maximum Gasteiger partial charge on any atom is 0.251 e. The Morgan fingerprint density at radius 1 is 1.12 bits per heavy atom. The highest BCUT2D eigenvalue weighted by Crippen LogP contribution is 2.29. The Labute approximate surface area is 147 Å². The number of fused-ring (bicyclic) bond motifs is 3. The van der Waals surface area contributed by atoms with Gasteiger partial charge in [0.05, 0.1) is 7.11 Å². The van der Waals surface area contributed by atoms with Crippen LogP contribution in [0.15, 0.2) is 42.5 Å². The van der Waals surface area contributed by atoms with E-state index in [1.54, 1.807) is 7.11 Å². The van der Waals surface area contributed by atoms with Gasteiger partial charge in [-0.15, -0.1) is 0 Å². The Morgan fingerprint density at radius 2 is 1.92 bits per heavy atom. The van der Waals surface area contributed by atoms with Gasteiger partial charge in [-0.2, -0.15) is 0 Å². The first-order valence-electron chi connectivity index (χ1n) is 8.79. The summed E-state index contributed by atoms with van der Waals surface area (Å²) in [6, 6.07) is 13.7. The fourth-order valence-corrected chi connectivity index (χ4v) is 3.58. The van der Waals surface area contributed by atoms with Gasteiger partial charge in [-0.3, -0.25) is 4.79 Å². The van der Waals surface area contributed by atoms with E-state index in [1.165, 1.54) is 29.5 Å². The molecule has 2 aromatic carbocycles. The third kappa shape index (κ3) is 3.12. The SMILES string of the molecule is COc1ccc(CNC(=O)c2ccc3[nH]c4c(c3c2)CCCC4)cc1. The van der Waals surface area contributed by atoms with Gasteiger partial charge in [0, 0.05) is 28.7 Å². The molecule has 4 rings (SSSR count). The molecule has 0 fully saturated rings. The monoisotopic (exact) mass is 334 g/mol. The molecule has 4 nitrogen and oxygen atoms in total. The molecule has 1 aliphatic rings. The zero-order chi connectivity index (χ0) is 17.2. The summed E-state index contributed by atoms with van der Waals surface area (Å²) in [6.45, 7) is 0.506. The van der Waals surface area contributed by atoms with Crippen molar-refractivity contribution in [2.24, 2.45) is 0 Å². The van der Waals surface area contributed by atoms with Gasteiger partial charge in [0.25, 0.3) is 5.91 Å². The van der Waals surface area contributed by atoms with E-state index in [4.69, 9.17) is 4.74 Å². The quantitative estimate of drug-likeness (QED) is 0.758. The first-order valence-corrected chi connectivity index (χ1v) is 8.79. The summed E-state index contributed by atoms with van der Waals surface area (Å²) in [4.78, 5) is 16.0. The lowest BCUT2D eigenvalue weighted by Crippen LogP contribution is -2.22. The molecule has 3 aromatic rings. The number of carbonyl (C=O) groups is 1. The Morgan fingerprint density at radius 3 is 2.72 bits per heavy atom. The summed E-state index contributed by atoms with van der Waals surface area (Å²) in [5.74, 6) is 0.779. The van der Waals surface area contributed by atoms with E-state index in [9.17, 15) is 4.79 Å². The number of nitrogens with one attached hydrogen (secondary N) is 2. The van der Waals surface area contributed by atoms with Crippen LogP contribution in [-0.2, 0) is 19.4 Å². The molecule has 0 aliphatic heterocycles. The number of aryl methyl sites for hydroxylation is 2. The number of methoxy groups -OCH3 is 1. The molecule has 0 atom stereocenters. The normalized spacial score (nSPS) is 13.5. The van der Waals surface area contributed by atoms with E-state index < -0.39 is 0 Å². The molecule has 0 radical (unpaired) electrons. The van der Waals surface area contributed by atoms with E-state index in [0.717, 1.165) is 29.7 Å². The molecular weight excluding hydrogens is 312 g/mol. The third-order valence-corrected chi connectivity index (χ3v) is 4.97. The third-order valence-electron chi connectivity index (χ3n) is 4.97. The molecule has 0 spiro atoms. The minimum absolute atomic E-state index is 0.0384. The van der Waals surface area contributed by atoms with Crippen molar-refractivity contribution in [1.29, 1.82) is 0 Å². The highest BCUT2D eigenvalue weighted by molar-refractivity contribution is 5.99. The van der Waals surface area contributed by atoms with Crippen LogP contribution in [0, 0.1) is 0 Å². The van der Waals surface area contributed by atoms with Crippen LogP contribution in [0.3, 0.4) is 0 Å². The van der Waals surface area contributed by atoms with Gasteiger partial charge in [-0.1, -0.05) is 12.1 Å². The standard InChI is InChI=1S/C21H22N2O2/c1-25-16-9-6-14(7-10-16)13-22-21(24)15-8-11-20-18(12-15)17-4-2-3-5-19(17)23-20/h6-12,23H,2-5,13H2,1H3,(H,22,24). The average Bonchev–Trinajstić information content (AvgIpc) is 3.04. The number of H-pyrrole nitrogens is 1. The molecule has 0 unspecified atom stereocenters. The highest BCUT2D eigenvalue weighted by atomic mass is 16.5. The highest BCUT2D eigenvalue weighted by Gasteiger charge is 2.16. The van der Waals surface area contributed by atoms with Gasteiger partial charge in [-0.25, -0.2) is 0 Å². The number of hydrogen-bond acceptors (Lipinski definition) is 2. The summed E-state index contributed by atoms with van der Waals surface area (Å²) in [5, 5.41) is 4.20. The molecule has 1 amide bonds. The Hall–Kier alpha value is -2.75. The largest absolute Gasteiger partial charge is 0.497 e. The van der Waals surface area contributed by atoms with Crippen LogP contribution >= 0.6 is 0 Å². The number of carbonyl (C=O) groups excluding carboxylic acids is 1. The minimum atomic E-state index is -0.0384. The van der Waals surface area contributed by atoms with Crippen molar-refractivity contribution in [2.45, 2.75) is 32.2 Å². The second-order valence-corrected chi connectivity index (χ2v) is 6.58. The van der Waals surface area contributed by atoms with Gasteiger partial charge in [0.2, 0.25) is 0 Å². The molecule has 25 heavy (non-hydrogen) atoms. The summed E-state index contributed by atoms with van der Waals surface area (Å²) in [5.41, 5.74) is 5.64. The average molecular weight is 334 g/mol. The van der Waals surface area contributed by atoms with Crippen LogP contribution in [0.4, 0.5) is 0 Å². The second-order valence-electron chi connectivity index (χ2n) is 6.58. The Kier molecular flexibility index (Phi) is 4.18. The number of aromatic nitrogens is 1. The maximum absolute atomic E-state index is 12.5. The van der Waals surface area contributed by atoms with Crippen LogP contribution in [0.25, 0.3) is 10.9 Å². The van der Waals surface area contributed by atoms with Crippen LogP contribution in [-0.4, -0.2) is 18.0 Å². The molecule has 0 saturated heterocycles. The topological polar surface area (TPSA) is 54.1 Å². The van der Waals surface area contributed by atoms with Crippen molar-refractivity contribution < 1.29 is 9.53 Å². The molecule has 0 saturated carbocycles. The lowest BCUT2D eigenvalue weighted by molar-refractivity contribution is 0.0951. The fourth-order valence-electron chi connectivity index (χ4n) is 3.58. The lowest BCUT2D eigenvalue weighted by atomic mass is 9.95. The number of ether oxygens (including phenoxy) is 1. The molecular formula is C21H22N2O2. The lowest BCUT2D eigenvalue weighted by Gasteiger charge is -2.10. The summed E-state index contributed by atoms with van der Waals surface area (Å²) in [6.07, 6.45) is 4.69. The predicted molar refractivity (Wildman–Crippen MR) is 99.1 cm³/mol. The molecule has 128 valence electrons.